The van der Waals surface area contributed by atoms with Gasteiger partial charge in [-0.1, -0.05) is 18.2 Å². The second kappa shape index (κ2) is 7.75. The van der Waals surface area contributed by atoms with Crippen LogP contribution >= 0.6 is 0 Å². The summed E-state index contributed by atoms with van der Waals surface area (Å²) >= 11 is 0. The summed E-state index contributed by atoms with van der Waals surface area (Å²) in [6, 6.07) is 10.5. The SMILES string of the molecule is CC(C(=O)NO)N1CCC(C)(c2ccc(OCc3cccnc3)cc2)C1=O. The molecule has 2 aromatic rings. The molecule has 0 radical (unpaired) electrons. The standard InChI is InChI=1S/C20H23N3O4/c1-14(18(24)22-26)23-11-9-20(2,19(23)25)16-5-7-17(8-6-16)27-13-15-4-3-10-21-12-15/h3-8,10,12,14,26H,9,11,13H2,1-2H3,(H,22,24). The van der Waals surface area contributed by atoms with Crippen LogP contribution in [0.15, 0.2) is 48.8 Å². The summed E-state index contributed by atoms with van der Waals surface area (Å²) in [5.41, 5.74) is 2.76. The third-order valence-electron chi connectivity index (χ3n) is 5.16. The van der Waals surface area contributed by atoms with Crippen LogP contribution < -0.4 is 10.2 Å². The van der Waals surface area contributed by atoms with E-state index in [2.05, 4.69) is 4.98 Å². The Morgan fingerprint density at radius 2 is 2.11 bits per heavy atom. The predicted molar refractivity (Wildman–Crippen MR) is 98.1 cm³/mol. The molecule has 0 spiro atoms. The minimum absolute atomic E-state index is 0.123. The Labute approximate surface area is 157 Å². The smallest absolute Gasteiger partial charge is 0.265 e. The molecule has 1 aliphatic rings. The van der Waals surface area contributed by atoms with Crippen LogP contribution in [0.5, 0.6) is 5.75 Å². The number of carbonyl (C=O) groups excluding carboxylic acids is 2. The lowest BCUT2D eigenvalue weighted by Crippen LogP contribution is -2.47. The fraction of sp³-hybridized carbons (Fsp3) is 0.350. The van der Waals surface area contributed by atoms with Gasteiger partial charge in [0.05, 0.1) is 5.41 Å². The maximum absolute atomic E-state index is 12.9. The number of pyridine rings is 1. The van der Waals surface area contributed by atoms with Gasteiger partial charge in [-0.2, -0.15) is 0 Å². The summed E-state index contributed by atoms with van der Waals surface area (Å²) in [6.45, 7) is 4.36. The van der Waals surface area contributed by atoms with Gasteiger partial charge in [0.2, 0.25) is 5.91 Å². The fourth-order valence-corrected chi connectivity index (χ4v) is 3.31. The summed E-state index contributed by atoms with van der Waals surface area (Å²) in [5, 5.41) is 8.81. The molecule has 7 heteroatoms. The molecular formula is C20H23N3O4. The van der Waals surface area contributed by atoms with Crippen LogP contribution in [-0.4, -0.2) is 39.5 Å². The highest BCUT2D eigenvalue weighted by molar-refractivity contribution is 5.94. The van der Waals surface area contributed by atoms with E-state index in [0.717, 1.165) is 11.1 Å². The molecule has 1 aliphatic heterocycles. The molecule has 3 rings (SSSR count). The van der Waals surface area contributed by atoms with Crippen molar-refractivity contribution >= 4 is 11.8 Å². The van der Waals surface area contributed by atoms with Crippen molar-refractivity contribution in [2.45, 2.75) is 38.3 Å². The molecule has 0 bridgehead atoms. The van der Waals surface area contributed by atoms with Crippen molar-refractivity contribution in [3.8, 4) is 5.75 Å². The van der Waals surface area contributed by atoms with Gasteiger partial charge >= 0.3 is 0 Å². The monoisotopic (exact) mass is 369 g/mol. The molecule has 27 heavy (non-hydrogen) atoms. The number of rotatable bonds is 6. The summed E-state index contributed by atoms with van der Waals surface area (Å²) in [7, 11) is 0. The number of aromatic nitrogens is 1. The van der Waals surface area contributed by atoms with Gasteiger partial charge in [0.1, 0.15) is 18.4 Å². The number of hydrogen-bond donors (Lipinski definition) is 2. The van der Waals surface area contributed by atoms with E-state index < -0.39 is 17.4 Å². The number of carbonyl (C=O) groups is 2. The lowest BCUT2D eigenvalue weighted by atomic mass is 9.81. The minimum Gasteiger partial charge on any atom is -0.489 e. The zero-order valence-electron chi connectivity index (χ0n) is 15.4. The maximum Gasteiger partial charge on any atom is 0.265 e. The van der Waals surface area contributed by atoms with Gasteiger partial charge in [0.25, 0.3) is 5.91 Å². The van der Waals surface area contributed by atoms with E-state index in [0.29, 0.717) is 25.3 Å². The summed E-state index contributed by atoms with van der Waals surface area (Å²) in [6.07, 6.45) is 4.07. The van der Waals surface area contributed by atoms with Crippen LogP contribution in [0.4, 0.5) is 0 Å². The molecule has 2 unspecified atom stereocenters. The molecule has 2 N–H and O–H groups in total. The lowest BCUT2D eigenvalue weighted by molar-refractivity contribution is -0.143. The van der Waals surface area contributed by atoms with Crippen LogP contribution in [0.3, 0.4) is 0 Å². The first-order valence-corrected chi connectivity index (χ1v) is 8.83. The van der Waals surface area contributed by atoms with E-state index in [1.807, 2.05) is 43.3 Å². The number of nitrogens with zero attached hydrogens (tertiary/aromatic N) is 2. The van der Waals surface area contributed by atoms with Crippen LogP contribution in [0.1, 0.15) is 31.4 Å². The number of likely N-dealkylation sites (tertiary alicyclic amines) is 1. The predicted octanol–water partition coefficient (Wildman–Crippen LogP) is 2.04. The number of hydroxylamine groups is 1. The van der Waals surface area contributed by atoms with Crippen LogP contribution in [-0.2, 0) is 21.6 Å². The van der Waals surface area contributed by atoms with E-state index in [9.17, 15) is 9.59 Å². The number of benzene rings is 1. The number of amides is 2. The van der Waals surface area contributed by atoms with Crippen molar-refractivity contribution in [2.75, 3.05) is 6.54 Å². The van der Waals surface area contributed by atoms with Crippen molar-refractivity contribution in [2.24, 2.45) is 0 Å². The Kier molecular flexibility index (Phi) is 5.41. The van der Waals surface area contributed by atoms with E-state index in [1.165, 1.54) is 4.90 Å². The van der Waals surface area contributed by atoms with Crippen molar-refractivity contribution < 1.29 is 19.5 Å². The highest BCUT2D eigenvalue weighted by atomic mass is 16.5. The Hall–Kier alpha value is -2.93. The lowest BCUT2D eigenvalue weighted by Gasteiger charge is -2.27. The number of nitrogens with one attached hydrogen (secondary N) is 1. The summed E-state index contributed by atoms with van der Waals surface area (Å²) in [4.78, 5) is 30.1. The highest BCUT2D eigenvalue weighted by Crippen LogP contribution is 2.37. The van der Waals surface area contributed by atoms with Gasteiger partial charge in [-0.05, 0) is 44.0 Å². The fourth-order valence-electron chi connectivity index (χ4n) is 3.31. The normalized spacial score (nSPS) is 20.4. The first kappa shape index (κ1) is 18.8. The van der Waals surface area contributed by atoms with Gasteiger partial charge in [-0.3, -0.25) is 19.8 Å². The zero-order valence-corrected chi connectivity index (χ0v) is 15.4. The van der Waals surface area contributed by atoms with E-state index >= 15 is 0 Å². The van der Waals surface area contributed by atoms with Crippen molar-refractivity contribution in [1.29, 1.82) is 0 Å². The molecule has 2 amide bonds. The van der Waals surface area contributed by atoms with Gasteiger partial charge < -0.3 is 9.64 Å². The molecule has 2 atom stereocenters. The van der Waals surface area contributed by atoms with Gasteiger partial charge in [-0.15, -0.1) is 0 Å². The Bertz CT molecular complexity index is 810. The van der Waals surface area contributed by atoms with E-state index in [1.54, 1.807) is 24.8 Å². The third kappa shape index (κ3) is 3.78. The van der Waals surface area contributed by atoms with Crippen molar-refractivity contribution in [3.63, 3.8) is 0 Å². The maximum atomic E-state index is 12.9. The number of hydrogen-bond acceptors (Lipinski definition) is 5. The summed E-state index contributed by atoms with van der Waals surface area (Å²) < 4.78 is 5.76. The number of ether oxygens (including phenoxy) is 1. The van der Waals surface area contributed by atoms with Crippen LogP contribution in [0.2, 0.25) is 0 Å². The second-order valence-corrected chi connectivity index (χ2v) is 6.91. The van der Waals surface area contributed by atoms with Gasteiger partial charge in [0.15, 0.2) is 0 Å². The quantitative estimate of drug-likeness (QED) is 0.601. The zero-order chi connectivity index (χ0) is 19.4. The molecule has 7 nitrogen and oxygen atoms in total. The van der Waals surface area contributed by atoms with Crippen LogP contribution in [0, 0.1) is 0 Å². The van der Waals surface area contributed by atoms with Crippen molar-refractivity contribution in [3.05, 3.63) is 59.9 Å². The average Bonchev–Trinajstić information content (AvgIpc) is 3.02. The Morgan fingerprint density at radius 1 is 1.37 bits per heavy atom. The third-order valence-corrected chi connectivity index (χ3v) is 5.16. The van der Waals surface area contributed by atoms with E-state index in [4.69, 9.17) is 9.94 Å². The first-order valence-electron chi connectivity index (χ1n) is 8.83. The minimum atomic E-state index is -0.716. The van der Waals surface area contributed by atoms with Crippen LogP contribution in [0.25, 0.3) is 0 Å². The molecule has 1 saturated heterocycles. The Morgan fingerprint density at radius 3 is 2.74 bits per heavy atom. The molecule has 1 aromatic heterocycles. The molecule has 0 aliphatic carbocycles. The summed E-state index contributed by atoms with van der Waals surface area (Å²) in [5.74, 6) is -0.00379. The topological polar surface area (TPSA) is 91.8 Å². The van der Waals surface area contributed by atoms with Gasteiger partial charge in [0, 0.05) is 24.5 Å². The largest absolute Gasteiger partial charge is 0.489 e. The van der Waals surface area contributed by atoms with Crippen molar-refractivity contribution in [1.82, 2.24) is 15.4 Å². The molecule has 1 fully saturated rings. The van der Waals surface area contributed by atoms with Gasteiger partial charge in [-0.25, -0.2) is 5.48 Å². The molecular weight excluding hydrogens is 346 g/mol. The molecule has 1 aromatic carbocycles. The average molecular weight is 369 g/mol. The second-order valence-electron chi connectivity index (χ2n) is 6.91. The molecule has 2 heterocycles. The molecule has 0 saturated carbocycles. The van der Waals surface area contributed by atoms with E-state index in [-0.39, 0.29) is 5.91 Å². The molecule has 142 valence electrons. The Balaban J connectivity index is 1.69. The highest BCUT2D eigenvalue weighted by Gasteiger charge is 2.46. The first-order chi connectivity index (χ1) is 13.0.